The number of ether oxygens (including phenoxy) is 2. The molecule has 1 aliphatic heterocycles. The van der Waals surface area contributed by atoms with E-state index < -0.39 is 12.0 Å². The average molecular weight is 484 g/mol. The van der Waals surface area contributed by atoms with Crippen LogP contribution in [0.3, 0.4) is 0 Å². The van der Waals surface area contributed by atoms with Gasteiger partial charge in [-0.15, -0.1) is 0 Å². The van der Waals surface area contributed by atoms with Gasteiger partial charge in [0.2, 0.25) is 0 Å². The van der Waals surface area contributed by atoms with Crippen molar-refractivity contribution in [1.29, 1.82) is 0 Å². The molecule has 3 aromatic carbocycles. The average Bonchev–Trinajstić information content (AvgIpc) is 2.92. The first-order valence-corrected chi connectivity index (χ1v) is 12.3. The number of fused-ring (bicyclic) bond motifs is 2. The van der Waals surface area contributed by atoms with E-state index in [2.05, 4.69) is 16.9 Å². The van der Waals surface area contributed by atoms with Crippen molar-refractivity contribution in [2.45, 2.75) is 45.4 Å². The van der Waals surface area contributed by atoms with Gasteiger partial charge in [-0.05, 0) is 35.7 Å². The van der Waals surface area contributed by atoms with Gasteiger partial charge in [-0.1, -0.05) is 61.9 Å². The minimum atomic E-state index is -0.908. The summed E-state index contributed by atoms with van der Waals surface area (Å²) < 4.78 is 12.4. The van der Waals surface area contributed by atoms with E-state index in [4.69, 9.17) is 9.47 Å². The lowest BCUT2D eigenvalue weighted by atomic mass is 9.92. The Bertz CT molecular complexity index is 1350. The molecule has 0 fully saturated rings. The molecular formula is C29H29N3O4. The summed E-state index contributed by atoms with van der Waals surface area (Å²) in [6.07, 6.45) is 3.72. The number of rotatable bonds is 9. The second-order valence-electron chi connectivity index (χ2n) is 8.91. The van der Waals surface area contributed by atoms with Crippen molar-refractivity contribution >= 4 is 22.7 Å². The zero-order valence-corrected chi connectivity index (χ0v) is 20.3. The van der Waals surface area contributed by atoms with E-state index in [1.165, 1.54) is 6.33 Å². The first-order chi connectivity index (χ1) is 17.7. The summed E-state index contributed by atoms with van der Waals surface area (Å²) in [5.41, 5.74) is 3.70. The van der Waals surface area contributed by atoms with Gasteiger partial charge >= 0.3 is 5.97 Å². The quantitative estimate of drug-likeness (QED) is 0.319. The summed E-state index contributed by atoms with van der Waals surface area (Å²) in [6.45, 7) is 3.47. The van der Waals surface area contributed by atoms with Crippen LogP contribution in [0.4, 0.5) is 5.82 Å². The van der Waals surface area contributed by atoms with Gasteiger partial charge in [0.05, 0.1) is 12.1 Å². The van der Waals surface area contributed by atoms with E-state index in [1.807, 2.05) is 71.6 Å². The number of nitrogens with zero attached hydrogens (tertiary/aromatic N) is 3. The summed E-state index contributed by atoms with van der Waals surface area (Å²) in [5, 5.41) is 11.1. The standard InChI is InChI=1S/C29H29N3O4/c1-2-3-15-35-26-14-13-21-17-32(28-22-11-7-8-12-24(22)30-19-31-28)25(29(33)34)16-23(21)27(26)36-18-20-9-5-4-6-10-20/h4-14,19,25H,2-3,15-18H2,1H3,(H,33,34)/t25-/m0/s1. The molecule has 1 atom stereocenters. The highest BCUT2D eigenvalue weighted by molar-refractivity contribution is 5.92. The Morgan fingerprint density at radius 3 is 2.64 bits per heavy atom. The lowest BCUT2D eigenvalue weighted by Gasteiger charge is -2.36. The molecule has 2 heterocycles. The van der Waals surface area contributed by atoms with Crippen molar-refractivity contribution in [3.05, 3.63) is 89.7 Å². The van der Waals surface area contributed by atoms with Gasteiger partial charge in [0.25, 0.3) is 0 Å². The number of para-hydroxylation sites is 1. The molecule has 36 heavy (non-hydrogen) atoms. The van der Waals surface area contributed by atoms with E-state index in [0.717, 1.165) is 40.4 Å². The molecule has 1 aliphatic rings. The number of carboxylic acids is 1. The highest BCUT2D eigenvalue weighted by atomic mass is 16.5. The Balaban J connectivity index is 1.54. The lowest BCUT2D eigenvalue weighted by molar-refractivity contribution is -0.138. The van der Waals surface area contributed by atoms with E-state index >= 15 is 0 Å². The molecule has 0 unspecified atom stereocenters. The molecular weight excluding hydrogens is 454 g/mol. The predicted octanol–water partition coefficient (Wildman–Crippen LogP) is 5.40. The fourth-order valence-corrected chi connectivity index (χ4v) is 4.61. The van der Waals surface area contributed by atoms with Gasteiger partial charge in [-0.2, -0.15) is 0 Å². The number of carboxylic acid groups (broad SMARTS) is 1. The molecule has 7 heteroatoms. The Kier molecular flexibility index (Phi) is 6.98. The topological polar surface area (TPSA) is 84.8 Å². The van der Waals surface area contributed by atoms with Crippen molar-refractivity contribution in [2.24, 2.45) is 0 Å². The molecule has 0 saturated heterocycles. The van der Waals surface area contributed by atoms with Gasteiger partial charge in [0.15, 0.2) is 11.5 Å². The van der Waals surface area contributed by atoms with Crippen LogP contribution in [-0.4, -0.2) is 33.7 Å². The number of aromatic nitrogens is 2. The normalized spacial score (nSPS) is 14.9. The van der Waals surface area contributed by atoms with Crippen molar-refractivity contribution in [3.8, 4) is 11.5 Å². The number of anilines is 1. The van der Waals surface area contributed by atoms with Crippen LogP contribution in [0.25, 0.3) is 10.9 Å². The highest BCUT2D eigenvalue weighted by Gasteiger charge is 2.36. The van der Waals surface area contributed by atoms with Crippen LogP contribution in [0.5, 0.6) is 11.5 Å². The number of benzene rings is 3. The fraction of sp³-hybridized carbons (Fsp3) is 0.276. The molecule has 0 spiro atoms. The molecule has 0 aliphatic carbocycles. The predicted molar refractivity (Wildman–Crippen MR) is 138 cm³/mol. The third-order valence-corrected chi connectivity index (χ3v) is 6.50. The largest absolute Gasteiger partial charge is 0.490 e. The Labute approximate surface area is 210 Å². The number of unbranched alkanes of at least 4 members (excludes halogenated alkanes) is 1. The van der Waals surface area contributed by atoms with Crippen LogP contribution in [0.2, 0.25) is 0 Å². The molecule has 184 valence electrons. The van der Waals surface area contributed by atoms with Crippen molar-refractivity contribution < 1.29 is 19.4 Å². The molecule has 0 saturated carbocycles. The second-order valence-corrected chi connectivity index (χ2v) is 8.91. The monoisotopic (exact) mass is 483 g/mol. The maximum absolute atomic E-state index is 12.5. The molecule has 4 aromatic rings. The van der Waals surface area contributed by atoms with Gasteiger partial charge in [0, 0.05) is 23.9 Å². The minimum absolute atomic E-state index is 0.276. The summed E-state index contributed by atoms with van der Waals surface area (Å²) in [5.74, 6) is 0.998. The minimum Gasteiger partial charge on any atom is -0.490 e. The number of hydrogen-bond acceptors (Lipinski definition) is 6. The van der Waals surface area contributed by atoms with Crippen LogP contribution >= 0.6 is 0 Å². The SMILES string of the molecule is CCCCOc1ccc2c(c1OCc1ccccc1)C[C@@H](C(=O)O)N(c1ncnc3ccccc13)C2. The van der Waals surface area contributed by atoms with Gasteiger partial charge in [-0.25, -0.2) is 14.8 Å². The van der Waals surface area contributed by atoms with Gasteiger partial charge < -0.3 is 19.5 Å². The van der Waals surface area contributed by atoms with Crippen molar-refractivity contribution in [2.75, 3.05) is 11.5 Å². The smallest absolute Gasteiger partial charge is 0.326 e. The highest BCUT2D eigenvalue weighted by Crippen LogP contribution is 2.40. The van der Waals surface area contributed by atoms with Gasteiger partial charge in [0.1, 0.15) is 24.8 Å². The summed E-state index contributed by atoms with van der Waals surface area (Å²) >= 11 is 0. The molecule has 1 N–H and O–H groups in total. The Morgan fingerprint density at radius 2 is 1.83 bits per heavy atom. The Morgan fingerprint density at radius 1 is 1.03 bits per heavy atom. The maximum atomic E-state index is 12.5. The zero-order chi connectivity index (χ0) is 24.9. The van der Waals surface area contributed by atoms with E-state index in [-0.39, 0.29) is 6.42 Å². The van der Waals surface area contributed by atoms with Crippen LogP contribution < -0.4 is 14.4 Å². The van der Waals surface area contributed by atoms with Crippen LogP contribution in [0, 0.1) is 0 Å². The summed E-state index contributed by atoms with van der Waals surface area (Å²) in [4.78, 5) is 23.2. The zero-order valence-electron chi connectivity index (χ0n) is 20.3. The van der Waals surface area contributed by atoms with Gasteiger partial charge in [-0.3, -0.25) is 0 Å². The number of hydrogen-bond donors (Lipinski definition) is 1. The molecule has 0 amide bonds. The van der Waals surface area contributed by atoms with Crippen LogP contribution in [0.15, 0.2) is 73.1 Å². The Hall–Kier alpha value is -4.13. The van der Waals surface area contributed by atoms with E-state index in [1.54, 1.807) is 0 Å². The van der Waals surface area contributed by atoms with Crippen LogP contribution in [-0.2, 0) is 24.4 Å². The second kappa shape index (κ2) is 10.6. The van der Waals surface area contributed by atoms with E-state index in [0.29, 0.717) is 37.1 Å². The third-order valence-electron chi connectivity index (χ3n) is 6.50. The molecule has 0 bridgehead atoms. The van der Waals surface area contributed by atoms with Crippen molar-refractivity contribution in [1.82, 2.24) is 9.97 Å². The lowest BCUT2D eigenvalue weighted by Crippen LogP contribution is -2.46. The first-order valence-electron chi connectivity index (χ1n) is 12.3. The van der Waals surface area contributed by atoms with Crippen molar-refractivity contribution in [3.63, 3.8) is 0 Å². The summed E-state index contributed by atoms with van der Waals surface area (Å²) in [6, 6.07) is 20.7. The fourth-order valence-electron chi connectivity index (χ4n) is 4.61. The first kappa shape index (κ1) is 23.6. The summed E-state index contributed by atoms with van der Waals surface area (Å²) in [7, 11) is 0. The molecule has 1 aromatic heterocycles. The maximum Gasteiger partial charge on any atom is 0.326 e. The molecule has 0 radical (unpaired) electrons. The molecule has 5 rings (SSSR count). The third kappa shape index (κ3) is 4.82. The number of aliphatic carboxylic acids is 1. The van der Waals surface area contributed by atoms with E-state index in [9.17, 15) is 9.90 Å². The molecule has 7 nitrogen and oxygen atoms in total. The van der Waals surface area contributed by atoms with Crippen LogP contribution in [0.1, 0.15) is 36.5 Å². The number of carbonyl (C=O) groups is 1.